The summed E-state index contributed by atoms with van der Waals surface area (Å²) < 4.78 is 164. The smallest absolute Gasteiger partial charge is 0.180 e. The molecule has 6 nitrogen and oxygen atoms in total. The van der Waals surface area contributed by atoms with Crippen LogP contribution in [-0.4, -0.2) is 4.98 Å². The van der Waals surface area contributed by atoms with Crippen molar-refractivity contribution in [3.63, 3.8) is 0 Å². The minimum Gasteiger partial charge on any atom is -0.245 e. The minimum atomic E-state index is -2.54. The van der Waals surface area contributed by atoms with Gasteiger partial charge in [0, 0.05) is 11.1 Å². The van der Waals surface area contributed by atoms with Gasteiger partial charge in [0.1, 0.15) is 52.9 Å². The lowest BCUT2D eigenvalue weighted by atomic mass is 9.87. The van der Waals surface area contributed by atoms with Crippen LogP contribution in [0, 0.1) is 121 Å². The molecule has 17 heteroatoms. The minimum absolute atomic E-state index is 0.0565. The van der Waals surface area contributed by atoms with Crippen LogP contribution in [0.3, 0.4) is 0 Å². The van der Waals surface area contributed by atoms with Crippen molar-refractivity contribution < 1.29 is 48.3 Å². The van der Waals surface area contributed by atoms with E-state index < -0.39 is 125 Å². The van der Waals surface area contributed by atoms with Crippen LogP contribution in [0.5, 0.6) is 0 Å². The van der Waals surface area contributed by atoms with E-state index in [9.17, 15) is 36.9 Å². The first-order chi connectivity index (χ1) is 21.2. The second-order valence-electron chi connectivity index (χ2n) is 8.41. The standard InChI is InChI=1S/C28HF11N6/c29-13-1-7(17(30)18(31)8(13)2-40)27-9(3-41)14(15-23(36)19(32)11(5-43)20(33)24(15)37)10(4-42)28(45-27)16-25(38)21(34)12(6-44)22(35)26(16)39/h1H. The third-order valence-electron chi connectivity index (χ3n) is 6.18. The maximum Gasteiger partial charge on any atom is 0.180 e. The van der Waals surface area contributed by atoms with Gasteiger partial charge in [-0.15, -0.1) is 0 Å². The number of aromatic nitrogens is 1. The van der Waals surface area contributed by atoms with Gasteiger partial charge in [-0.3, -0.25) is 0 Å². The number of benzene rings is 3. The van der Waals surface area contributed by atoms with Crippen LogP contribution in [0.25, 0.3) is 33.6 Å². The molecule has 4 rings (SSSR count). The Kier molecular flexibility index (Phi) is 7.89. The van der Waals surface area contributed by atoms with E-state index in [-0.39, 0.29) is 6.07 Å². The quantitative estimate of drug-likeness (QED) is 0.177. The van der Waals surface area contributed by atoms with Gasteiger partial charge in [-0.2, -0.15) is 26.3 Å². The molecular formula is C28HF11N6. The Hall–Kier alpha value is -6.51. The average Bonchev–Trinajstić information content (AvgIpc) is 3.01. The van der Waals surface area contributed by atoms with E-state index in [1.54, 1.807) is 0 Å². The van der Waals surface area contributed by atoms with Crippen LogP contribution in [0.1, 0.15) is 27.8 Å². The van der Waals surface area contributed by atoms with Gasteiger partial charge in [0.15, 0.2) is 58.2 Å². The molecule has 0 saturated carbocycles. The molecule has 0 amide bonds. The lowest BCUT2D eigenvalue weighted by Crippen LogP contribution is -2.11. The fourth-order valence-electron chi connectivity index (χ4n) is 4.19. The predicted octanol–water partition coefficient (Wildman–Crippen LogP) is 6.97. The molecule has 0 spiro atoms. The first kappa shape index (κ1) is 31.4. The molecule has 4 aromatic rings. The summed E-state index contributed by atoms with van der Waals surface area (Å²) in [5, 5.41) is 46.4. The van der Waals surface area contributed by atoms with Crippen LogP contribution in [-0.2, 0) is 0 Å². The second kappa shape index (κ2) is 11.3. The number of nitrogens with zero attached hydrogens (tertiary/aromatic N) is 6. The maximum absolute atomic E-state index is 15.3. The summed E-state index contributed by atoms with van der Waals surface area (Å²) >= 11 is 0. The van der Waals surface area contributed by atoms with E-state index >= 15 is 22.0 Å². The molecule has 0 unspecified atom stereocenters. The van der Waals surface area contributed by atoms with Gasteiger partial charge in [0.25, 0.3) is 0 Å². The molecule has 0 fully saturated rings. The highest BCUT2D eigenvalue weighted by Crippen LogP contribution is 2.44. The van der Waals surface area contributed by atoms with Gasteiger partial charge < -0.3 is 0 Å². The summed E-state index contributed by atoms with van der Waals surface area (Å²) in [6.07, 6.45) is 0. The number of hydrogen-bond acceptors (Lipinski definition) is 6. The summed E-state index contributed by atoms with van der Waals surface area (Å²) in [4.78, 5) is 3.35. The number of rotatable bonds is 3. The van der Waals surface area contributed by atoms with Crippen molar-refractivity contribution in [1.29, 1.82) is 26.3 Å². The first-order valence-corrected chi connectivity index (χ1v) is 11.2. The van der Waals surface area contributed by atoms with Crippen LogP contribution >= 0.6 is 0 Å². The molecule has 220 valence electrons. The van der Waals surface area contributed by atoms with E-state index in [1.807, 2.05) is 0 Å². The fourth-order valence-corrected chi connectivity index (χ4v) is 4.19. The molecule has 0 aliphatic rings. The number of halogens is 11. The van der Waals surface area contributed by atoms with Crippen molar-refractivity contribution in [2.45, 2.75) is 0 Å². The predicted molar refractivity (Wildman–Crippen MR) is 124 cm³/mol. The second-order valence-corrected chi connectivity index (χ2v) is 8.41. The van der Waals surface area contributed by atoms with Crippen LogP contribution in [0.4, 0.5) is 48.3 Å². The fraction of sp³-hybridized carbons (Fsp3) is 0. The largest absolute Gasteiger partial charge is 0.245 e. The Morgan fingerprint density at radius 3 is 1.13 bits per heavy atom. The summed E-state index contributed by atoms with van der Waals surface area (Å²) in [6, 6.07) is 4.58. The number of nitriles is 5. The van der Waals surface area contributed by atoms with E-state index in [4.69, 9.17) is 15.8 Å². The molecule has 0 radical (unpaired) electrons. The number of hydrogen-bond donors (Lipinski definition) is 0. The molecule has 0 N–H and O–H groups in total. The Morgan fingerprint density at radius 1 is 0.378 bits per heavy atom. The molecule has 0 aliphatic carbocycles. The van der Waals surface area contributed by atoms with Crippen molar-refractivity contribution in [3.8, 4) is 64.0 Å². The molecule has 1 aromatic heterocycles. The molecule has 45 heavy (non-hydrogen) atoms. The van der Waals surface area contributed by atoms with Gasteiger partial charge in [-0.05, 0) is 6.07 Å². The zero-order valence-electron chi connectivity index (χ0n) is 20.9. The van der Waals surface area contributed by atoms with Crippen LogP contribution < -0.4 is 0 Å². The first-order valence-electron chi connectivity index (χ1n) is 11.2. The van der Waals surface area contributed by atoms with Crippen molar-refractivity contribution in [2.75, 3.05) is 0 Å². The van der Waals surface area contributed by atoms with E-state index in [0.717, 1.165) is 30.3 Å². The van der Waals surface area contributed by atoms with Crippen molar-refractivity contribution in [2.24, 2.45) is 0 Å². The maximum atomic E-state index is 15.3. The Labute approximate surface area is 241 Å². The van der Waals surface area contributed by atoms with Crippen molar-refractivity contribution in [1.82, 2.24) is 4.98 Å². The summed E-state index contributed by atoms with van der Waals surface area (Å²) in [6.45, 7) is 0. The van der Waals surface area contributed by atoms with Gasteiger partial charge in [0.05, 0.1) is 33.6 Å². The molecule has 0 saturated heterocycles. The molecule has 0 bridgehead atoms. The van der Waals surface area contributed by atoms with Gasteiger partial charge in [-0.25, -0.2) is 53.3 Å². The Morgan fingerprint density at radius 2 is 0.733 bits per heavy atom. The SMILES string of the molecule is N#Cc1c(F)cc(-c2nc(-c3c(F)c(F)c(C#N)c(F)c3F)c(C#N)c(-c3c(F)c(F)c(C#N)c(F)c3F)c2C#N)c(F)c1F. The van der Waals surface area contributed by atoms with Gasteiger partial charge >= 0.3 is 0 Å². The molecule has 0 aliphatic heterocycles. The zero-order chi connectivity index (χ0) is 33.7. The average molecular weight is 630 g/mol. The molecule has 3 aromatic carbocycles. The van der Waals surface area contributed by atoms with E-state index in [2.05, 4.69) is 4.98 Å². The van der Waals surface area contributed by atoms with Crippen molar-refractivity contribution >= 4 is 0 Å². The molecule has 1 heterocycles. The van der Waals surface area contributed by atoms with E-state index in [0.29, 0.717) is 0 Å². The highest BCUT2D eigenvalue weighted by molar-refractivity contribution is 5.90. The highest BCUT2D eigenvalue weighted by Gasteiger charge is 2.36. The monoisotopic (exact) mass is 630 g/mol. The Bertz CT molecular complexity index is 2190. The summed E-state index contributed by atoms with van der Waals surface area (Å²) in [5.74, 6) is -26.3. The Balaban J connectivity index is 2.42. The number of pyridine rings is 1. The van der Waals surface area contributed by atoms with Crippen molar-refractivity contribution in [3.05, 3.63) is 97.9 Å². The molecular weight excluding hydrogens is 629 g/mol. The summed E-state index contributed by atoms with van der Waals surface area (Å²) in [7, 11) is 0. The highest BCUT2D eigenvalue weighted by atomic mass is 19.2. The third kappa shape index (κ3) is 4.41. The van der Waals surface area contributed by atoms with Crippen LogP contribution in [0.15, 0.2) is 6.07 Å². The normalized spacial score (nSPS) is 10.4. The molecule has 0 atom stereocenters. The van der Waals surface area contributed by atoms with E-state index in [1.165, 1.54) is 0 Å². The van der Waals surface area contributed by atoms with Gasteiger partial charge in [-0.1, -0.05) is 0 Å². The lowest BCUT2D eigenvalue weighted by Gasteiger charge is -2.19. The van der Waals surface area contributed by atoms with Gasteiger partial charge in [0.2, 0.25) is 0 Å². The third-order valence-corrected chi connectivity index (χ3v) is 6.18. The topological polar surface area (TPSA) is 132 Å². The zero-order valence-corrected chi connectivity index (χ0v) is 20.9. The van der Waals surface area contributed by atoms with Crippen LogP contribution in [0.2, 0.25) is 0 Å². The summed E-state index contributed by atoms with van der Waals surface area (Å²) in [5.41, 5.74) is -19.4. The lowest BCUT2D eigenvalue weighted by molar-refractivity contribution is 0.453.